The lowest BCUT2D eigenvalue weighted by atomic mass is 10.4. The zero-order valence-electron chi connectivity index (χ0n) is 11.2. The molecule has 0 aliphatic heterocycles. The molecule has 0 saturated heterocycles. The molecule has 102 valence electrons. The second-order valence-corrected chi connectivity index (χ2v) is 4.01. The molecule has 0 fully saturated rings. The van der Waals surface area contributed by atoms with Gasteiger partial charge in [-0.1, -0.05) is 6.92 Å². The normalized spacial score (nSPS) is 10.9. The van der Waals surface area contributed by atoms with Crippen LogP contribution in [0.2, 0.25) is 0 Å². The minimum absolute atomic E-state index is 0.200. The predicted octanol–water partition coefficient (Wildman–Crippen LogP) is -0.325. The van der Waals surface area contributed by atoms with E-state index in [1.165, 1.54) is 0 Å². The van der Waals surface area contributed by atoms with Crippen molar-refractivity contribution in [2.45, 2.75) is 13.3 Å². The Bertz CT molecular complexity index is 366. The highest BCUT2D eigenvalue weighted by atomic mass is 16.5. The second kappa shape index (κ2) is 7.78. The predicted molar refractivity (Wildman–Crippen MR) is 67.5 cm³/mol. The molecule has 1 amide bonds. The summed E-state index contributed by atoms with van der Waals surface area (Å²) in [6.45, 7) is 4.81. The van der Waals surface area contributed by atoms with E-state index in [1.54, 1.807) is 7.11 Å². The largest absolute Gasteiger partial charge is 0.383 e. The molecule has 1 aromatic heterocycles. The third-order valence-electron chi connectivity index (χ3n) is 2.53. The summed E-state index contributed by atoms with van der Waals surface area (Å²) in [5.41, 5.74) is 0. The Labute approximate surface area is 107 Å². The number of aromatic nitrogens is 3. The number of aryl methyl sites for hydroxylation is 1. The number of nitrogens with one attached hydrogen (secondary N) is 2. The number of aromatic amines is 1. The summed E-state index contributed by atoms with van der Waals surface area (Å²) in [5.74, 6) is 0.676. The summed E-state index contributed by atoms with van der Waals surface area (Å²) < 4.78 is 4.97. The number of methoxy groups -OCH3 is 1. The maximum absolute atomic E-state index is 11.7. The Morgan fingerprint density at radius 3 is 2.89 bits per heavy atom. The highest BCUT2D eigenvalue weighted by Gasteiger charge is 2.11. The van der Waals surface area contributed by atoms with Crippen LogP contribution in [0.4, 0.5) is 0 Å². The fourth-order valence-corrected chi connectivity index (χ4v) is 1.35. The number of carbonyl (C=O) groups excluding carboxylic acids is 1. The van der Waals surface area contributed by atoms with Gasteiger partial charge in [-0.25, -0.2) is 4.98 Å². The Kier molecular flexibility index (Phi) is 6.31. The van der Waals surface area contributed by atoms with Crippen LogP contribution in [0, 0.1) is 0 Å². The van der Waals surface area contributed by atoms with Gasteiger partial charge in [0.05, 0.1) is 6.61 Å². The van der Waals surface area contributed by atoms with Crippen LogP contribution in [-0.4, -0.2) is 66.4 Å². The molecule has 0 radical (unpaired) electrons. The Morgan fingerprint density at radius 2 is 2.28 bits per heavy atom. The highest BCUT2D eigenvalue weighted by molar-refractivity contribution is 5.90. The smallest absolute Gasteiger partial charge is 0.291 e. The van der Waals surface area contributed by atoms with Gasteiger partial charge in [-0.3, -0.25) is 9.89 Å². The van der Waals surface area contributed by atoms with E-state index >= 15 is 0 Å². The molecule has 7 heteroatoms. The topological polar surface area (TPSA) is 83.1 Å². The molecule has 0 spiro atoms. The monoisotopic (exact) mass is 255 g/mol. The lowest BCUT2D eigenvalue weighted by Crippen LogP contribution is -2.34. The van der Waals surface area contributed by atoms with Crippen molar-refractivity contribution >= 4 is 5.91 Å². The van der Waals surface area contributed by atoms with Crippen LogP contribution >= 0.6 is 0 Å². The maximum Gasteiger partial charge on any atom is 0.291 e. The van der Waals surface area contributed by atoms with Gasteiger partial charge < -0.3 is 15.0 Å². The zero-order valence-corrected chi connectivity index (χ0v) is 11.2. The first-order chi connectivity index (χ1) is 8.67. The van der Waals surface area contributed by atoms with E-state index in [4.69, 9.17) is 4.74 Å². The third kappa shape index (κ3) is 4.80. The summed E-state index contributed by atoms with van der Waals surface area (Å²) >= 11 is 0. The number of ether oxygens (including phenoxy) is 1. The Balaban J connectivity index is 2.24. The second-order valence-electron chi connectivity index (χ2n) is 4.01. The standard InChI is InChI=1S/C11H21N5O2/c1-4-9-13-10(15-14-9)11(17)12-5-6-16(2)7-8-18-3/h4-8H2,1-3H3,(H,12,17)(H,13,14,15). The molecule has 0 saturated carbocycles. The van der Waals surface area contributed by atoms with Gasteiger partial charge in [0, 0.05) is 33.2 Å². The number of amides is 1. The van der Waals surface area contributed by atoms with Crippen molar-refractivity contribution in [2.75, 3.05) is 40.4 Å². The van der Waals surface area contributed by atoms with Crippen LogP contribution in [0.5, 0.6) is 0 Å². The van der Waals surface area contributed by atoms with Gasteiger partial charge in [-0.05, 0) is 7.05 Å². The first kappa shape index (κ1) is 14.6. The van der Waals surface area contributed by atoms with Gasteiger partial charge in [0.15, 0.2) is 0 Å². The molecule has 0 atom stereocenters. The van der Waals surface area contributed by atoms with Crippen molar-refractivity contribution in [3.8, 4) is 0 Å². The molecule has 0 aromatic carbocycles. The minimum Gasteiger partial charge on any atom is -0.383 e. The van der Waals surface area contributed by atoms with Gasteiger partial charge in [0.2, 0.25) is 5.82 Å². The molecule has 1 rings (SSSR count). The molecule has 1 aromatic rings. The van der Waals surface area contributed by atoms with Crippen molar-refractivity contribution in [3.63, 3.8) is 0 Å². The van der Waals surface area contributed by atoms with E-state index in [1.807, 2.05) is 14.0 Å². The highest BCUT2D eigenvalue weighted by Crippen LogP contribution is 1.93. The van der Waals surface area contributed by atoms with Crippen LogP contribution in [0.3, 0.4) is 0 Å². The van der Waals surface area contributed by atoms with E-state index in [0.29, 0.717) is 13.2 Å². The van der Waals surface area contributed by atoms with E-state index < -0.39 is 0 Å². The fourth-order valence-electron chi connectivity index (χ4n) is 1.35. The minimum atomic E-state index is -0.244. The van der Waals surface area contributed by atoms with Crippen molar-refractivity contribution in [1.29, 1.82) is 0 Å². The lowest BCUT2D eigenvalue weighted by Gasteiger charge is -2.15. The summed E-state index contributed by atoms with van der Waals surface area (Å²) in [5, 5.41) is 9.34. The van der Waals surface area contributed by atoms with E-state index in [-0.39, 0.29) is 11.7 Å². The SMILES string of the molecule is CCc1nc(C(=O)NCCN(C)CCOC)n[nH]1. The van der Waals surface area contributed by atoms with Crippen LogP contribution in [0.1, 0.15) is 23.4 Å². The zero-order chi connectivity index (χ0) is 13.4. The average molecular weight is 255 g/mol. The molecule has 0 aliphatic carbocycles. The molecular formula is C11H21N5O2. The van der Waals surface area contributed by atoms with Crippen molar-refractivity contribution in [3.05, 3.63) is 11.6 Å². The molecule has 0 unspecified atom stereocenters. The summed E-state index contributed by atoms with van der Waals surface area (Å²) in [7, 11) is 3.65. The molecule has 1 heterocycles. The first-order valence-electron chi connectivity index (χ1n) is 6.04. The van der Waals surface area contributed by atoms with Crippen molar-refractivity contribution < 1.29 is 9.53 Å². The van der Waals surface area contributed by atoms with E-state index in [2.05, 4.69) is 25.4 Å². The van der Waals surface area contributed by atoms with Gasteiger partial charge in [0.1, 0.15) is 5.82 Å². The van der Waals surface area contributed by atoms with E-state index in [0.717, 1.165) is 25.3 Å². The number of nitrogens with zero attached hydrogens (tertiary/aromatic N) is 3. The van der Waals surface area contributed by atoms with Gasteiger partial charge in [-0.15, -0.1) is 5.10 Å². The number of carbonyl (C=O) groups is 1. The Hall–Kier alpha value is -1.47. The van der Waals surface area contributed by atoms with E-state index in [9.17, 15) is 4.79 Å². The quantitative estimate of drug-likeness (QED) is 0.665. The molecular weight excluding hydrogens is 234 g/mol. The molecule has 2 N–H and O–H groups in total. The summed E-state index contributed by atoms with van der Waals surface area (Å²) in [4.78, 5) is 17.8. The number of H-pyrrole nitrogens is 1. The average Bonchev–Trinajstić information content (AvgIpc) is 2.85. The maximum atomic E-state index is 11.7. The first-order valence-corrected chi connectivity index (χ1v) is 6.04. The fraction of sp³-hybridized carbons (Fsp3) is 0.727. The lowest BCUT2D eigenvalue weighted by molar-refractivity contribution is 0.0937. The van der Waals surface area contributed by atoms with Gasteiger partial charge in [0.25, 0.3) is 5.91 Å². The van der Waals surface area contributed by atoms with Crippen molar-refractivity contribution in [2.24, 2.45) is 0 Å². The van der Waals surface area contributed by atoms with Crippen LogP contribution in [0.25, 0.3) is 0 Å². The molecule has 0 aliphatic rings. The number of hydrogen-bond donors (Lipinski definition) is 2. The van der Waals surface area contributed by atoms with Gasteiger partial charge >= 0.3 is 0 Å². The Morgan fingerprint density at radius 1 is 1.50 bits per heavy atom. The molecule has 18 heavy (non-hydrogen) atoms. The molecule has 0 bridgehead atoms. The van der Waals surface area contributed by atoms with Crippen molar-refractivity contribution in [1.82, 2.24) is 25.4 Å². The number of hydrogen-bond acceptors (Lipinski definition) is 5. The number of rotatable bonds is 8. The van der Waals surface area contributed by atoms with Crippen LogP contribution in [-0.2, 0) is 11.2 Å². The van der Waals surface area contributed by atoms with Gasteiger partial charge in [-0.2, -0.15) is 0 Å². The van der Waals surface area contributed by atoms with Crippen LogP contribution < -0.4 is 5.32 Å². The number of likely N-dealkylation sites (N-methyl/N-ethyl adjacent to an activating group) is 1. The summed E-state index contributed by atoms with van der Waals surface area (Å²) in [6, 6.07) is 0. The third-order valence-corrected chi connectivity index (χ3v) is 2.53. The van der Waals surface area contributed by atoms with Crippen LogP contribution in [0.15, 0.2) is 0 Å². The molecule has 7 nitrogen and oxygen atoms in total. The summed E-state index contributed by atoms with van der Waals surface area (Å²) in [6.07, 6.45) is 0.736.